The fraction of sp³-hybridized carbons (Fsp3) is 0.250. The van der Waals surface area contributed by atoms with Crippen LogP contribution < -0.4 is 10.5 Å². The van der Waals surface area contributed by atoms with Crippen LogP contribution >= 0.6 is 0 Å². The van der Waals surface area contributed by atoms with Crippen LogP contribution in [0.5, 0.6) is 5.88 Å². The zero-order valence-corrected chi connectivity index (χ0v) is 14.9. The van der Waals surface area contributed by atoms with Gasteiger partial charge in [0.05, 0.1) is 24.7 Å². The predicted octanol–water partition coefficient (Wildman–Crippen LogP) is 2.26. The fourth-order valence-corrected chi connectivity index (χ4v) is 2.68. The molecule has 27 heavy (non-hydrogen) atoms. The largest absolute Gasteiger partial charge is 0.478 e. The average Bonchev–Trinajstić information content (AvgIpc) is 3.15. The van der Waals surface area contributed by atoms with Crippen molar-refractivity contribution >= 4 is 5.91 Å². The molecule has 0 spiro atoms. The lowest BCUT2D eigenvalue weighted by Gasteiger charge is -2.12. The number of carbonyl (C=O) groups is 1. The summed E-state index contributed by atoms with van der Waals surface area (Å²) in [5.41, 5.74) is 7.24. The summed E-state index contributed by atoms with van der Waals surface area (Å²) in [4.78, 5) is 19.4. The summed E-state index contributed by atoms with van der Waals surface area (Å²) in [7, 11) is 0. The number of hydrogen-bond donors (Lipinski definition) is 2. The highest BCUT2D eigenvalue weighted by atomic mass is 16.5. The third kappa shape index (κ3) is 5.39. The number of aromatic nitrogens is 3. The first kappa shape index (κ1) is 18.6. The van der Waals surface area contributed by atoms with Crippen LogP contribution in [0.3, 0.4) is 0 Å². The van der Waals surface area contributed by atoms with Gasteiger partial charge < -0.3 is 20.1 Å². The molecule has 0 aliphatic rings. The lowest BCUT2D eigenvalue weighted by molar-refractivity contribution is 0.0995. The van der Waals surface area contributed by atoms with Gasteiger partial charge in [-0.3, -0.25) is 4.79 Å². The van der Waals surface area contributed by atoms with Crippen LogP contribution in [0.4, 0.5) is 0 Å². The number of hydrogen-bond acceptors (Lipinski definition) is 5. The van der Waals surface area contributed by atoms with E-state index in [9.17, 15) is 9.90 Å². The van der Waals surface area contributed by atoms with E-state index in [4.69, 9.17) is 10.5 Å². The molecule has 1 atom stereocenters. The van der Waals surface area contributed by atoms with E-state index in [-0.39, 0.29) is 5.69 Å². The Morgan fingerprint density at radius 2 is 2.00 bits per heavy atom. The Labute approximate surface area is 157 Å². The summed E-state index contributed by atoms with van der Waals surface area (Å²) in [6.07, 6.45) is 3.69. The molecule has 7 heteroatoms. The van der Waals surface area contributed by atoms with E-state index in [0.717, 1.165) is 11.3 Å². The molecule has 0 radical (unpaired) electrons. The Bertz CT molecular complexity index is 880. The molecule has 1 aromatic carbocycles. The minimum atomic E-state index is -0.582. The normalized spacial score (nSPS) is 11.9. The maximum absolute atomic E-state index is 11.0. The smallest absolute Gasteiger partial charge is 0.268 e. The number of imidazole rings is 1. The molecule has 3 rings (SSSR count). The molecule has 1 unspecified atom stereocenters. The second-order valence-electron chi connectivity index (χ2n) is 6.19. The third-order valence-electron chi connectivity index (χ3n) is 4.03. The second kappa shape index (κ2) is 8.95. The van der Waals surface area contributed by atoms with Crippen molar-refractivity contribution in [2.75, 3.05) is 6.61 Å². The number of nitrogens with two attached hydrogens (primary N) is 1. The molecule has 0 fully saturated rings. The molecular formula is C20H22N4O3. The molecule has 0 saturated heterocycles. The summed E-state index contributed by atoms with van der Waals surface area (Å²) in [6.45, 7) is 0.806. The number of aliphatic hydroxyl groups is 1. The quantitative estimate of drug-likeness (QED) is 0.566. The topological polar surface area (TPSA) is 103 Å². The lowest BCUT2D eigenvalue weighted by atomic mass is 10.1. The first-order chi connectivity index (χ1) is 13.1. The summed E-state index contributed by atoms with van der Waals surface area (Å²) in [6, 6.07) is 15.6. The lowest BCUT2D eigenvalue weighted by Crippen LogP contribution is -2.16. The summed E-state index contributed by atoms with van der Waals surface area (Å²) >= 11 is 0. The van der Waals surface area contributed by atoms with Gasteiger partial charge >= 0.3 is 0 Å². The SMILES string of the molecule is NC(=O)c1cn(CC(O)CCCOc2cccc(-c3ccccc3)n2)cn1. The number of rotatable bonds is 9. The number of amides is 1. The summed E-state index contributed by atoms with van der Waals surface area (Å²) < 4.78 is 7.35. The zero-order chi connectivity index (χ0) is 19.1. The summed E-state index contributed by atoms with van der Waals surface area (Å²) in [5, 5.41) is 10.1. The van der Waals surface area contributed by atoms with Gasteiger partial charge in [0.2, 0.25) is 5.88 Å². The number of carbonyl (C=O) groups excluding carboxylic acids is 1. The van der Waals surface area contributed by atoms with Crippen LogP contribution in [0.2, 0.25) is 0 Å². The van der Waals surface area contributed by atoms with Crippen LogP contribution in [0.1, 0.15) is 23.3 Å². The fourth-order valence-electron chi connectivity index (χ4n) is 2.68. The van der Waals surface area contributed by atoms with Crippen molar-refractivity contribution in [3.63, 3.8) is 0 Å². The van der Waals surface area contributed by atoms with Gasteiger partial charge in [0.15, 0.2) is 0 Å². The van der Waals surface area contributed by atoms with Crippen molar-refractivity contribution in [3.8, 4) is 17.1 Å². The average molecular weight is 366 g/mol. The highest BCUT2D eigenvalue weighted by Gasteiger charge is 2.09. The number of benzene rings is 1. The molecule has 3 aromatic rings. The highest BCUT2D eigenvalue weighted by Crippen LogP contribution is 2.19. The standard InChI is InChI=1S/C20H22N4O3/c21-20(26)18-13-24(14-22-18)12-16(25)8-5-11-27-19-10-4-9-17(23-19)15-6-2-1-3-7-15/h1-4,6-7,9-10,13-14,16,25H,5,8,11-12H2,(H2,21,26). The van der Waals surface area contributed by atoms with Gasteiger partial charge in [0.25, 0.3) is 5.91 Å². The Kier molecular flexibility index (Phi) is 6.17. The highest BCUT2D eigenvalue weighted by molar-refractivity contribution is 5.90. The maximum atomic E-state index is 11.0. The van der Waals surface area contributed by atoms with Crippen molar-refractivity contribution in [2.24, 2.45) is 5.73 Å². The number of aliphatic hydroxyl groups excluding tert-OH is 1. The maximum Gasteiger partial charge on any atom is 0.268 e. The zero-order valence-electron chi connectivity index (χ0n) is 14.9. The van der Waals surface area contributed by atoms with Gasteiger partial charge in [0.1, 0.15) is 5.69 Å². The Morgan fingerprint density at radius 3 is 2.74 bits per heavy atom. The number of pyridine rings is 1. The van der Waals surface area contributed by atoms with Gasteiger partial charge in [-0.1, -0.05) is 36.4 Å². The molecular weight excluding hydrogens is 344 g/mol. The Hall–Kier alpha value is -3.19. The van der Waals surface area contributed by atoms with Crippen LogP contribution in [0, 0.1) is 0 Å². The number of nitrogens with zero attached hydrogens (tertiary/aromatic N) is 3. The molecule has 140 valence electrons. The van der Waals surface area contributed by atoms with Crippen LogP contribution in [-0.4, -0.2) is 38.3 Å². The number of primary amides is 1. The van der Waals surface area contributed by atoms with E-state index in [1.165, 1.54) is 12.5 Å². The Morgan fingerprint density at radius 1 is 1.19 bits per heavy atom. The molecule has 3 N–H and O–H groups in total. The monoisotopic (exact) mass is 366 g/mol. The first-order valence-corrected chi connectivity index (χ1v) is 8.77. The van der Waals surface area contributed by atoms with Gasteiger partial charge in [-0.05, 0) is 18.9 Å². The summed E-state index contributed by atoms with van der Waals surface area (Å²) in [5.74, 6) is -0.0200. The Balaban J connectivity index is 1.44. The van der Waals surface area contributed by atoms with Crippen molar-refractivity contribution in [3.05, 3.63) is 66.7 Å². The first-order valence-electron chi connectivity index (χ1n) is 8.77. The van der Waals surface area contributed by atoms with E-state index in [0.29, 0.717) is 31.9 Å². The van der Waals surface area contributed by atoms with Crippen molar-refractivity contribution in [2.45, 2.75) is 25.5 Å². The van der Waals surface area contributed by atoms with Crippen molar-refractivity contribution in [1.82, 2.24) is 14.5 Å². The molecule has 0 bridgehead atoms. The van der Waals surface area contributed by atoms with E-state index in [1.807, 2.05) is 48.5 Å². The van der Waals surface area contributed by atoms with E-state index in [1.54, 1.807) is 4.57 Å². The molecule has 7 nitrogen and oxygen atoms in total. The molecule has 1 amide bonds. The van der Waals surface area contributed by atoms with E-state index >= 15 is 0 Å². The van der Waals surface area contributed by atoms with Crippen LogP contribution in [0.15, 0.2) is 61.1 Å². The molecule has 0 aliphatic heterocycles. The van der Waals surface area contributed by atoms with Gasteiger partial charge in [-0.25, -0.2) is 9.97 Å². The minimum absolute atomic E-state index is 0.190. The number of ether oxygens (including phenoxy) is 1. The molecule has 0 aliphatic carbocycles. The third-order valence-corrected chi connectivity index (χ3v) is 4.03. The van der Waals surface area contributed by atoms with E-state index in [2.05, 4.69) is 9.97 Å². The molecule has 2 aromatic heterocycles. The van der Waals surface area contributed by atoms with E-state index < -0.39 is 12.0 Å². The second-order valence-corrected chi connectivity index (χ2v) is 6.19. The molecule has 2 heterocycles. The predicted molar refractivity (Wildman–Crippen MR) is 101 cm³/mol. The van der Waals surface area contributed by atoms with Gasteiger partial charge in [0, 0.05) is 24.4 Å². The van der Waals surface area contributed by atoms with Gasteiger partial charge in [-0.2, -0.15) is 0 Å². The van der Waals surface area contributed by atoms with Crippen LogP contribution in [0.25, 0.3) is 11.3 Å². The van der Waals surface area contributed by atoms with Crippen molar-refractivity contribution < 1.29 is 14.6 Å². The molecule has 0 saturated carbocycles. The van der Waals surface area contributed by atoms with Gasteiger partial charge in [-0.15, -0.1) is 0 Å². The van der Waals surface area contributed by atoms with Crippen molar-refractivity contribution in [1.29, 1.82) is 0 Å². The van der Waals surface area contributed by atoms with Crippen LogP contribution in [-0.2, 0) is 6.54 Å². The minimum Gasteiger partial charge on any atom is -0.478 e.